The van der Waals surface area contributed by atoms with Crippen LogP contribution in [-0.2, 0) is 17.5 Å². The number of hydrogen-bond donors (Lipinski definition) is 0. The fourth-order valence-electron chi connectivity index (χ4n) is 3.13. The van der Waals surface area contributed by atoms with Crippen LogP contribution in [0.15, 0.2) is 24.3 Å². The summed E-state index contributed by atoms with van der Waals surface area (Å²) < 4.78 is 39.7. The zero-order valence-corrected chi connectivity index (χ0v) is 15.8. The number of halogens is 4. The van der Waals surface area contributed by atoms with Crippen molar-refractivity contribution in [2.75, 3.05) is 31.1 Å². The number of alkyl halides is 3. The average molecular weight is 401 g/mol. The topological polar surface area (TPSA) is 41.4 Å². The second-order valence-electron chi connectivity index (χ2n) is 6.61. The Balaban J connectivity index is 1.64. The molecule has 1 aliphatic rings. The van der Waals surface area contributed by atoms with Gasteiger partial charge in [0, 0.05) is 31.9 Å². The monoisotopic (exact) mass is 400 g/mol. The lowest BCUT2D eigenvalue weighted by Crippen LogP contribution is -2.49. The summed E-state index contributed by atoms with van der Waals surface area (Å²) in [6.45, 7) is 5.54. The Labute approximate surface area is 160 Å². The lowest BCUT2D eigenvalue weighted by atomic mass is 10.2. The Morgan fingerprint density at radius 2 is 1.85 bits per heavy atom. The van der Waals surface area contributed by atoms with Gasteiger partial charge < -0.3 is 9.80 Å². The van der Waals surface area contributed by atoms with Crippen LogP contribution in [0.2, 0.25) is 5.02 Å². The van der Waals surface area contributed by atoms with Crippen molar-refractivity contribution in [1.29, 1.82) is 0 Å². The number of hydrogen-bond acceptors (Lipinski definition) is 3. The van der Waals surface area contributed by atoms with Crippen molar-refractivity contribution in [3.8, 4) is 0 Å². The maximum absolute atomic E-state index is 12.9. The van der Waals surface area contributed by atoms with Gasteiger partial charge in [0.25, 0.3) is 0 Å². The lowest BCUT2D eigenvalue weighted by molar-refractivity contribution is -0.142. The van der Waals surface area contributed by atoms with E-state index >= 15 is 0 Å². The third-order valence-electron chi connectivity index (χ3n) is 4.69. The molecule has 1 saturated heterocycles. The summed E-state index contributed by atoms with van der Waals surface area (Å²) >= 11 is 5.73. The summed E-state index contributed by atoms with van der Waals surface area (Å²) in [5.74, 6) is -0.269. The number of nitrogens with zero attached hydrogens (tertiary/aromatic N) is 4. The zero-order chi connectivity index (χ0) is 19.8. The normalized spacial score (nSPS) is 15.3. The predicted molar refractivity (Wildman–Crippen MR) is 96.9 cm³/mol. The highest BCUT2D eigenvalue weighted by atomic mass is 35.5. The van der Waals surface area contributed by atoms with Gasteiger partial charge in [0.05, 0.1) is 10.7 Å². The minimum atomic E-state index is -4.64. The maximum atomic E-state index is 12.9. The molecule has 1 amide bonds. The van der Waals surface area contributed by atoms with E-state index in [1.54, 1.807) is 4.90 Å². The SMILES string of the molecule is Cc1cccc(N2CCN(C(=O)Cn3nc(C(F)(F)F)c(Cl)c3C)CC2)c1. The van der Waals surface area contributed by atoms with Gasteiger partial charge in [-0.2, -0.15) is 18.3 Å². The van der Waals surface area contributed by atoms with Gasteiger partial charge in [-0.3, -0.25) is 9.48 Å². The summed E-state index contributed by atoms with van der Waals surface area (Å²) in [6.07, 6.45) is -4.64. The third-order valence-corrected chi connectivity index (χ3v) is 5.14. The second kappa shape index (κ2) is 7.42. The number of benzene rings is 1. The first-order valence-corrected chi connectivity index (χ1v) is 8.94. The Morgan fingerprint density at radius 3 is 2.41 bits per heavy atom. The van der Waals surface area contributed by atoms with E-state index in [0.29, 0.717) is 26.2 Å². The van der Waals surface area contributed by atoms with E-state index in [-0.39, 0.29) is 18.1 Å². The number of anilines is 1. The molecule has 2 aromatic rings. The molecule has 1 aromatic heterocycles. The maximum Gasteiger partial charge on any atom is 0.436 e. The van der Waals surface area contributed by atoms with Gasteiger partial charge in [-0.15, -0.1) is 0 Å². The van der Waals surface area contributed by atoms with Gasteiger partial charge in [-0.05, 0) is 31.5 Å². The van der Waals surface area contributed by atoms with Crippen molar-refractivity contribution in [1.82, 2.24) is 14.7 Å². The van der Waals surface area contributed by atoms with Crippen molar-refractivity contribution in [2.24, 2.45) is 0 Å². The number of rotatable bonds is 3. The Hall–Kier alpha value is -2.22. The van der Waals surface area contributed by atoms with Crippen molar-refractivity contribution in [3.05, 3.63) is 46.2 Å². The molecule has 1 aromatic carbocycles. The fourth-order valence-corrected chi connectivity index (χ4v) is 3.37. The van der Waals surface area contributed by atoms with Crippen molar-refractivity contribution in [2.45, 2.75) is 26.6 Å². The molecule has 146 valence electrons. The number of carbonyl (C=O) groups excluding carboxylic acids is 1. The van der Waals surface area contributed by atoms with E-state index in [1.807, 2.05) is 25.1 Å². The van der Waals surface area contributed by atoms with Crippen LogP contribution in [0.4, 0.5) is 18.9 Å². The molecular weight excluding hydrogens is 381 g/mol. The summed E-state index contributed by atoms with van der Waals surface area (Å²) in [4.78, 5) is 16.3. The van der Waals surface area contributed by atoms with Crippen LogP contribution in [0.5, 0.6) is 0 Å². The molecule has 3 rings (SSSR count). The molecule has 1 fully saturated rings. The van der Waals surface area contributed by atoms with Crippen molar-refractivity contribution >= 4 is 23.2 Å². The molecule has 0 atom stereocenters. The molecular formula is C18H20ClF3N4O. The van der Waals surface area contributed by atoms with E-state index in [2.05, 4.69) is 16.1 Å². The van der Waals surface area contributed by atoms with Crippen LogP contribution in [0.1, 0.15) is 17.0 Å². The van der Waals surface area contributed by atoms with Gasteiger partial charge in [0.15, 0.2) is 5.69 Å². The zero-order valence-electron chi connectivity index (χ0n) is 15.1. The summed E-state index contributed by atoms with van der Waals surface area (Å²) in [7, 11) is 0. The lowest BCUT2D eigenvalue weighted by Gasteiger charge is -2.36. The van der Waals surface area contributed by atoms with Crippen LogP contribution in [-0.4, -0.2) is 46.8 Å². The molecule has 0 spiro atoms. The van der Waals surface area contributed by atoms with Gasteiger partial charge in [0.1, 0.15) is 6.54 Å². The molecule has 0 saturated carbocycles. The largest absolute Gasteiger partial charge is 0.436 e. The van der Waals surface area contributed by atoms with Crippen LogP contribution in [0.3, 0.4) is 0 Å². The van der Waals surface area contributed by atoms with E-state index in [1.165, 1.54) is 6.92 Å². The van der Waals surface area contributed by atoms with Gasteiger partial charge in [-0.25, -0.2) is 0 Å². The van der Waals surface area contributed by atoms with Crippen LogP contribution in [0.25, 0.3) is 0 Å². The van der Waals surface area contributed by atoms with Crippen LogP contribution < -0.4 is 4.90 Å². The summed E-state index contributed by atoms with van der Waals surface area (Å²) in [6, 6.07) is 8.13. The van der Waals surface area contributed by atoms with Gasteiger partial charge in [0.2, 0.25) is 5.91 Å². The standard InChI is InChI=1S/C18H20ClF3N4O/c1-12-4-3-5-14(10-12)24-6-8-25(9-7-24)15(27)11-26-13(2)16(19)17(23-26)18(20,21)22/h3-5,10H,6-9,11H2,1-2H3. The molecule has 2 heterocycles. The number of piperazine rings is 1. The van der Waals surface area contributed by atoms with Crippen molar-refractivity contribution < 1.29 is 18.0 Å². The Kier molecular flexibility index (Phi) is 5.37. The molecule has 0 radical (unpaired) electrons. The molecule has 0 bridgehead atoms. The molecule has 5 nitrogen and oxygen atoms in total. The van der Waals surface area contributed by atoms with Gasteiger partial charge >= 0.3 is 6.18 Å². The van der Waals surface area contributed by atoms with Gasteiger partial charge in [-0.1, -0.05) is 23.7 Å². The average Bonchev–Trinajstić information content (AvgIpc) is 2.90. The van der Waals surface area contributed by atoms with Crippen LogP contribution in [0, 0.1) is 13.8 Å². The number of aryl methyl sites for hydroxylation is 1. The summed E-state index contributed by atoms with van der Waals surface area (Å²) in [5, 5.41) is 3.03. The first-order valence-electron chi connectivity index (χ1n) is 8.56. The Morgan fingerprint density at radius 1 is 1.19 bits per heavy atom. The highest BCUT2D eigenvalue weighted by Gasteiger charge is 2.38. The van der Waals surface area contributed by atoms with Crippen LogP contribution >= 0.6 is 11.6 Å². The van der Waals surface area contributed by atoms with Crippen molar-refractivity contribution in [3.63, 3.8) is 0 Å². The number of aromatic nitrogens is 2. The third kappa shape index (κ3) is 4.21. The quantitative estimate of drug-likeness (QED) is 0.791. The molecule has 0 unspecified atom stereocenters. The summed E-state index contributed by atoms with van der Waals surface area (Å²) in [5.41, 5.74) is 1.25. The van der Waals surface area contributed by atoms with E-state index in [0.717, 1.165) is 15.9 Å². The smallest absolute Gasteiger partial charge is 0.368 e. The Bertz CT molecular complexity index is 842. The second-order valence-corrected chi connectivity index (χ2v) is 6.99. The number of amides is 1. The molecule has 1 aliphatic heterocycles. The van der Waals surface area contributed by atoms with E-state index in [4.69, 9.17) is 11.6 Å². The molecule has 0 aliphatic carbocycles. The molecule has 0 N–H and O–H groups in total. The van der Waals surface area contributed by atoms with E-state index in [9.17, 15) is 18.0 Å². The first-order chi connectivity index (χ1) is 12.7. The predicted octanol–water partition coefficient (Wildman–Crippen LogP) is 3.52. The molecule has 9 heteroatoms. The minimum Gasteiger partial charge on any atom is -0.368 e. The highest BCUT2D eigenvalue weighted by Crippen LogP contribution is 2.35. The minimum absolute atomic E-state index is 0.135. The first kappa shape index (κ1) is 19.5. The van der Waals surface area contributed by atoms with E-state index < -0.39 is 16.9 Å². The highest BCUT2D eigenvalue weighted by molar-refractivity contribution is 6.32. The molecule has 27 heavy (non-hydrogen) atoms. The number of carbonyl (C=O) groups is 1. The fraction of sp³-hybridized carbons (Fsp3) is 0.444.